The van der Waals surface area contributed by atoms with Crippen LogP contribution in [-0.4, -0.2) is 45.9 Å². The van der Waals surface area contributed by atoms with Crippen molar-refractivity contribution in [2.45, 2.75) is 19.4 Å². The van der Waals surface area contributed by atoms with Crippen molar-refractivity contribution in [1.29, 1.82) is 0 Å². The molecule has 3 N–H and O–H groups in total. The number of anilines is 1. The lowest BCUT2D eigenvalue weighted by atomic mass is 10.2. The van der Waals surface area contributed by atoms with Crippen molar-refractivity contribution in [3.05, 3.63) is 76.8 Å². The molecule has 10 nitrogen and oxygen atoms in total. The number of aromatic amines is 1. The molecular weight excluding hydrogens is 426 g/mol. The average Bonchev–Trinajstić information content (AvgIpc) is 3.24. The normalized spacial score (nSPS) is 12.0. The average molecular weight is 451 g/mol. The van der Waals surface area contributed by atoms with E-state index in [4.69, 9.17) is 24.7 Å². The van der Waals surface area contributed by atoms with Gasteiger partial charge in [-0.3, -0.25) is 14.3 Å². The molecule has 0 saturated carbocycles. The number of nitrogens with two attached hydrogens (primary N) is 1. The molecule has 2 aromatic carbocycles. The van der Waals surface area contributed by atoms with Gasteiger partial charge in [0, 0.05) is 0 Å². The Hall–Kier alpha value is -3.89. The number of methoxy groups -OCH3 is 1. The Balaban J connectivity index is 1.41. The van der Waals surface area contributed by atoms with E-state index in [0.717, 1.165) is 11.3 Å². The molecule has 0 radical (unpaired) electrons. The molecule has 4 aromatic rings. The molecule has 0 aliphatic rings. The number of rotatable bonds is 11. The monoisotopic (exact) mass is 451 g/mol. The number of benzene rings is 2. The summed E-state index contributed by atoms with van der Waals surface area (Å²) in [6, 6.07) is 17.2. The van der Waals surface area contributed by atoms with Crippen molar-refractivity contribution < 1.29 is 18.9 Å². The second-order valence-corrected chi connectivity index (χ2v) is 7.24. The van der Waals surface area contributed by atoms with Gasteiger partial charge in [-0.1, -0.05) is 30.3 Å². The highest BCUT2D eigenvalue weighted by Crippen LogP contribution is 2.18. The van der Waals surface area contributed by atoms with Crippen molar-refractivity contribution >= 4 is 17.1 Å². The Morgan fingerprint density at radius 2 is 1.82 bits per heavy atom. The van der Waals surface area contributed by atoms with Gasteiger partial charge in [-0.15, -0.1) is 0 Å². The molecule has 1 atom stereocenters. The van der Waals surface area contributed by atoms with Crippen molar-refractivity contribution in [2.24, 2.45) is 0 Å². The van der Waals surface area contributed by atoms with Crippen LogP contribution in [0.1, 0.15) is 5.56 Å². The number of fused-ring (bicyclic) bond motifs is 1. The minimum atomic E-state index is -0.401. The van der Waals surface area contributed by atoms with E-state index in [1.54, 1.807) is 11.7 Å². The molecule has 0 aliphatic heterocycles. The van der Waals surface area contributed by atoms with Gasteiger partial charge in [0.05, 0.1) is 26.7 Å². The zero-order valence-electron chi connectivity index (χ0n) is 18.1. The van der Waals surface area contributed by atoms with E-state index >= 15 is 0 Å². The largest absolute Gasteiger partial charge is 0.497 e. The van der Waals surface area contributed by atoms with Gasteiger partial charge in [-0.05, 0) is 29.8 Å². The van der Waals surface area contributed by atoms with E-state index in [2.05, 4.69) is 15.0 Å². The first kappa shape index (κ1) is 22.3. The quantitative estimate of drug-likeness (QED) is 0.356. The van der Waals surface area contributed by atoms with Gasteiger partial charge in [-0.25, -0.2) is 4.98 Å². The first-order chi connectivity index (χ1) is 16.1. The second-order valence-electron chi connectivity index (χ2n) is 7.24. The number of H-pyrrole nitrogens is 1. The highest BCUT2D eigenvalue weighted by Gasteiger charge is 2.15. The Bertz CT molecular complexity index is 1220. The predicted molar refractivity (Wildman–Crippen MR) is 122 cm³/mol. The summed E-state index contributed by atoms with van der Waals surface area (Å²) < 4.78 is 24.6. The molecule has 10 heteroatoms. The summed E-state index contributed by atoms with van der Waals surface area (Å²) in [5, 5.41) is 0. The van der Waals surface area contributed by atoms with Crippen LogP contribution in [0, 0.1) is 0 Å². The molecule has 33 heavy (non-hydrogen) atoms. The lowest BCUT2D eigenvalue weighted by Crippen LogP contribution is -2.28. The topological polar surface area (TPSA) is 127 Å². The van der Waals surface area contributed by atoms with Gasteiger partial charge in [0.2, 0.25) is 5.95 Å². The highest BCUT2D eigenvalue weighted by atomic mass is 16.6. The van der Waals surface area contributed by atoms with E-state index < -0.39 is 11.7 Å². The summed E-state index contributed by atoms with van der Waals surface area (Å²) in [6.07, 6.45) is 1.09. The van der Waals surface area contributed by atoms with Crippen LogP contribution in [0.3, 0.4) is 0 Å². The number of nitrogens with one attached hydrogen (secondary N) is 1. The second kappa shape index (κ2) is 10.6. The van der Waals surface area contributed by atoms with Crippen molar-refractivity contribution in [3.63, 3.8) is 0 Å². The van der Waals surface area contributed by atoms with Gasteiger partial charge >= 0.3 is 0 Å². The molecule has 0 amide bonds. The van der Waals surface area contributed by atoms with Crippen molar-refractivity contribution in [1.82, 2.24) is 19.5 Å². The molecule has 2 heterocycles. The summed E-state index contributed by atoms with van der Waals surface area (Å²) >= 11 is 0. The van der Waals surface area contributed by atoms with E-state index in [-0.39, 0.29) is 24.8 Å². The SMILES string of the molecule is COc1ccc(OCC(COCc2ccccc2)OCn2cnc3c(=O)[nH]c(N)nc32)cc1. The number of aromatic nitrogens is 4. The van der Waals surface area contributed by atoms with Crippen LogP contribution in [0.5, 0.6) is 11.5 Å². The molecule has 172 valence electrons. The van der Waals surface area contributed by atoms with E-state index in [1.165, 1.54) is 6.33 Å². The first-order valence-corrected chi connectivity index (χ1v) is 10.3. The molecule has 0 bridgehead atoms. The number of hydrogen-bond acceptors (Lipinski definition) is 8. The molecule has 2 aromatic heterocycles. The Morgan fingerprint density at radius 1 is 1.06 bits per heavy atom. The highest BCUT2D eigenvalue weighted by molar-refractivity contribution is 5.70. The van der Waals surface area contributed by atoms with Gasteiger partial charge in [-0.2, -0.15) is 4.98 Å². The van der Waals surface area contributed by atoms with E-state index in [0.29, 0.717) is 24.6 Å². The third-order valence-corrected chi connectivity index (χ3v) is 4.85. The molecule has 0 spiro atoms. The summed E-state index contributed by atoms with van der Waals surface area (Å²) in [4.78, 5) is 22.7. The van der Waals surface area contributed by atoms with Crippen LogP contribution in [0.15, 0.2) is 65.7 Å². The number of ether oxygens (including phenoxy) is 4. The van der Waals surface area contributed by atoms with Gasteiger partial charge in [0.25, 0.3) is 5.56 Å². The molecule has 0 saturated heterocycles. The Kier molecular flexibility index (Phi) is 7.18. The lowest BCUT2D eigenvalue weighted by molar-refractivity contribution is -0.0654. The maximum Gasteiger partial charge on any atom is 0.280 e. The maximum atomic E-state index is 12.0. The van der Waals surface area contributed by atoms with Crippen molar-refractivity contribution in [3.8, 4) is 11.5 Å². The molecule has 0 fully saturated rings. The molecule has 0 aliphatic carbocycles. The van der Waals surface area contributed by atoms with Crippen LogP contribution < -0.4 is 20.8 Å². The number of imidazole rings is 1. The Labute approximate surface area is 189 Å². The van der Waals surface area contributed by atoms with Crippen molar-refractivity contribution in [2.75, 3.05) is 26.1 Å². The smallest absolute Gasteiger partial charge is 0.280 e. The summed E-state index contributed by atoms with van der Waals surface area (Å²) in [6.45, 7) is 1.10. The third-order valence-electron chi connectivity index (χ3n) is 4.85. The van der Waals surface area contributed by atoms with Gasteiger partial charge < -0.3 is 24.7 Å². The van der Waals surface area contributed by atoms with Gasteiger partial charge in [0.1, 0.15) is 30.9 Å². The summed E-state index contributed by atoms with van der Waals surface area (Å²) in [7, 11) is 1.61. The molecule has 1 unspecified atom stereocenters. The minimum absolute atomic E-state index is 0.0137. The van der Waals surface area contributed by atoms with E-state index in [1.807, 2.05) is 54.6 Å². The van der Waals surface area contributed by atoms with E-state index in [9.17, 15) is 4.79 Å². The maximum absolute atomic E-state index is 12.0. The Morgan fingerprint density at radius 3 is 2.58 bits per heavy atom. The number of nitrogen functional groups attached to an aromatic ring is 1. The van der Waals surface area contributed by atoms with Crippen LogP contribution in [0.4, 0.5) is 5.95 Å². The zero-order chi connectivity index (χ0) is 23.0. The predicted octanol–water partition coefficient (Wildman–Crippen LogP) is 2.35. The minimum Gasteiger partial charge on any atom is -0.497 e. The van der Waals surface area contributed by atoms with Crippen LogP contribution in [0.25, 0.3) is 11.2 Å². The number of hydrogen-bond donors (Lipinski definition) is 2. The molecular formula is C23H25N5O5. The fourth-order valence-electron chi connectivity index (χ4n) is 3.14. The standard InChI is InChI=1S/C23H25N5O5/c1-30-17-7-9-18(10-8-17)32-13-19(12-31-11-16-5-3-2-4-6-16)33-15-28-14-25-20-21(28)26-23(24)27-22(20)29/h2-10,14,19H,11-13,15H2,1H3,(H3,24,26,27,29). The first-order valence-electron chi connectivity index (χ1n) is 10.3. The summed E-state index contributed by atoms with van der Waals surface area (Å²) in [5.74, 6) is 1.44. The lowest BCUT2D eigenvalue weighted by Gasteiger charge is -2.19. The van der Waals surface area contributed by atoms with Crippen LogP contribution in [0.2, 0.25) is 0 Å². The van der Waals surface area contributed by atoms with Gasteiger partial charge in [0.15, 0.2) is 11.2 Å². The summed E-state index contributed by atoms with van der Waals surface area (Å²) in [5.41, 5.74) is 6.86. The fraction of sp³-hybridized carbons (Fsp3) is 0.261. The number of nitrogens with zero attached hydrogens (tertiary/aromatic N) is 3. The third kappa shape index (κ3) is 5.88. The van der Waals surface area contributed by atoms with Crippen LogP contribution >= 0.6 is 0 Å². The zero-order valence-corrected chi connectivity index (χ0v) is 18.1. The molecule has 4 rings (SSSR count). The van der Waals surface area contributed by atoms with Crippen LogP contribution in [-0.2, 0) is 22.8 Å². The fourth-order valence-corrected chi connectivity index (χ4v) is 3.14.